The van der Waals surface area contributed by atoms with Gasteiger partial charge in [0.1, 0.15) is 18.1 Å². The van der Waals surface area contributed by atoms with Crippen LogP contribution in [0.15, 0.2) is 77.6 Å². The first kappa shape index (κ1) is 15.6. The van der Waals surface area contributed by atoms with Crippen LogP contribution >= 0.6 is 0 Å². The molecular weight excluding hydrogens is 304 g/mol. The molecule has 0 aliphatic carbocycles. The van der Waals surface area contributed by atoms with Gasteiger partial charge < -0.3 is 14.5 Å². The number of benzene rings is 1. The molecule has 0 unspecified atom stereocenters. The van der Waals surface area contributed by atoms with Crippen molar-refractivity contribution in [1.29, 1.82) is 0 Å². The zero-order chi connectivity index (χ0) is 16.6. The highest BCUT2D eigenvalue weighted by Crippen LogP contribution is 2.18. The summed E-state index contributed by atoms with van der Waals surface area (Å²) in [6.45, 7) is 0.372. The van der Waals surface area contributed by atoms with E-state index in [2.05, 4.69) is 10.3 Å². The molecule has 1 amide bonds. The lowest BCUT2D eigenvalue weighted by molar-refractivity contribution is -0.111. The normalized spacial score (nSPS) is 10.7. The molecule has 0 saturated carbocycles. The predicted molar refractivity (Wildman–Crippen MR) is 91.4 cm³/mol. The second-order valence-electron chi connectivity index (χ2n) is 4.98. The van der Waals surface area contributed by atoms with Crippen LogP contribution in [-0.2, 0) is 11.4 Å². The first-order chi connectivity index (χ1) is 11.8. The topological polar surface area (TPSA) is 64.4 Å². The van der Waals surface area contributed by atoms with Crippen molar-refractivity contribution in [2.45, 2.75) is 6.61 Å². The van der Waals surface area contributed by atoms with E-state index in [1.807, 2.05) is 30.3 Å². The van der Waals surface area contributed by atoms with Crippen molar-refractivity contribution in [1.82, 2.24) is 4.98 Å². The molecule has 24 heavy (non-hydrogen) atoms. The van der Waals surface area contributed by atoms with E-state index in [0.29, 0.717) is 23.8 Å². The van der Waals surface area contributed by atoms with E-state index < -0.39 is 0 Å². The molecule has 0 aliphatic heterocycles. The highest BCUT2D eigenvalue weighted by Gasteiger charge is 2.02. The van der Waals surface area contributed by atoms with E-state index in [9.17, 15) is 4.79 Å². The summed E-state index contributed by atoms with van der Waals surface area (Å²) in [5, 5.41) is 2.78. The predicted octanol–water partition coefficient (Wildman–Crippen LogP) is 3.91. The van der Waals surface area contributed by atoms with E-state index in [1.165, 1.54) is 6.08 Å². The third-order valence-corrected chi connectivity index (χ3v) is 3.16. The van der Waals surface area contributed by atoms with E-state index in [0.717, 1.165) is 5.69 Å². The highest BCUT2D eigenvalue weighted by molar-refractivity contribution is 6.01. The molecule has 0 saturated heterocycles. The largest absolute Gasteiger partial charge is 0.487 e. The Labute approximate surface area is 139 Å². The Kier molecular flexibility index (Phi) is 5.04. The van der Waals surface area contributed by atoms with Crippen LogP contribution in [0.4, 0.5) is 5.69 Å². The van der Waals surface area contributed by atoms with E-state index in [1.54, 1.807) is 42.8 Å². The minimum absolute atomic E-state index is 0.242. The summed E-state index contributed by atoms with van der Waals surface area (Å²) in [4.78, 5) is 16.1. The van der Waals surface area contributed by atoms with E-state index in [-0.39, 0.29) is 5.91 Å². The minimum Gasteiger partial charge on any atom is -0.487 e. The van der Waals surface area contributed by atoms with Gasteiger partial charge >= 0.3 is 0 Å². The maximum Gasteiger partial charge on any atom is 0.248 e. The number of furan rings is 1. The fourth-order valence-electron chi connectivity index (χ4n) is 2.03. The Hall–Kier alpha value is -3.34. The van der Waals surface area contributed by atoms with Crippen LogP contribution in [0.5, 0.6) is 5.75 Å². The second kappa shape index (κ2) is 7.78. The van der Waals surface area contributed by atoms with Gasteiger partial charge in [-0.2, -0.15) is 0 Å². The number of aromatic nitrogens is 1. The number of ether oxygens (including phenoxy) is 1. The van der Waals surface area contributed by atoms with Gasteiger partial charge in [0.05, 0.1) is 12.0 Å². The number of rotatable bonds is 6. The van der Waals surface area contributed by atoms with Gasteiger partial charge in [0, 0.05) is 24.0 Å². The Bertz CT molecular complexity index is 812. The number of anilines is 1. The molecule has 2 aromatic heterocycles. The van der Waals surface area contributed by atoms with Crippen molar-refractivity contribution in [3.8, 4) is 5.75 Å². The number of amides is 1. The molecule has 0 aliphatic rings. The lowest BCUT2D eigenvalue weighted by Gasteiger charge is -2.08. The zero-order valence-electron chi connectivity index (χ0n) is 12.9. The van der Waals surface area contributed by atoms with Crippen LogP contribution in [0.3, 0.4) is 0 Å². The average Bonchev–Trinajstić information content (AvgIpc) is 3.13. The van der Waals surface area contributed by atoms with Crippen molar-refractivity contribution in [3.63, 3.8) is 0 Å². The summed E-state index contributed by atoms with van der Waals surface area (Å²) >= 11 is 0. The number of nitrogens with zero attached hydrogens (tertiary/aromatic N) is 1. The van der Waals surface area contributed by atoms with Gasteiger partial charge in [-0.15, -0.1) is 0 Å². The molecule has 3 rings (SSSR count). The number of hydrogen-bond donors (Lipinski definition) is 1. The molecule has 1 aromatic carbocycles. The maximum absolute atomic E-state index is 11.9. The zero-order valence-corrected chi connectivity index (χ0v) is 12.9. The van der Waals surface area contributed by atoms with Crippen LogP contribution in [0.2, 0.25) is 0 Å². The SMILES string of the molecule is O=C(C=Cc1ccco1)Nc1cccc(OCc2ccccn2)c1. The first-order valence-electron chi connectivity index (χ1n) is 7.45. The lowest BCUT2D eigenvalue weighted by atomic mass is 10.3. The van der Waals surface area contributed by atoms with Crippen LogP contribution in [0, 0.1) is 0 Å². The van der Waals surface area contributed by atoms with Crippen LogP contribution in [0.1, 0.15) is 11.5 Å². The van der Waals surface area contributed by atoms with E-state index in [4.69, 9.17) is 9.15 Å². The highest BCUT2D eigenvalue weighted by atomic mass is 16.5. The van der Waals surface area contributed by atoms with Gasteiger partial charge in [0.15, 0.2) is 0 Å². The van der Waals surface area contributed by atoms with Crippen molar-refractivity contribution >= 4 is 17.7 Å². The smallest absolute Gasteiger partial charge is 0.248 e. The minimum atomic E-state index is -0.242. The molecule has 0 fully saturated rings. The fraction of sp³-hybridized carbons (Fsp3) is 0.0526. The molecule has 0 radical (unpaired) electrons. The summed E-state index contributed by atoms with van der Waals surface area (Å²) in [5.74, 6) is 1.04. The lowest BCUT2D eigenvalue weighted by Crippen LogP contribution is -2.07. The van der Waals surface area contributed by atoms with Gasteiger partial charge in [-0.25, -0.2) is 0 Å². The standard InChI is InChI=1S/C19H16N2O3/c22-19(10-9-17-8-4-12-23-17)21-15-6-3-7-18(13-15)24-14-16-5-1-2-11-20-16/h1-13H,14H2,(H,21,22). The Balaban J connectivity index is 1.57. The molecule has 5 heteroatoms. The molecule has 0 atom stereocenters. The third kappa shape index (κ3) is 4.58. The number of carbonyl (C=O) groups excluding carboxylic acids is 1. The number of nitrogens with one attached hydrogen (secondary N) is 1. The Morgan fingerprint density at radius 1 is 1.17 bits per heavy atom. The summed E-state index contributed by atoms with van der Waals surface area (Å²) in [7, 11) is 0. The second-order valence-corrected chi connectivity index (χ2v) is 4.98. The van der Waals surface area contributed by atoms with Gasteiger partial charge in [0.2, 0.25) is 5.91 Å². The van der Waals surface area contributed by atoms with Crippen molar-refractivity contribution < 1.29 is 13.9 Å². The van der Waals surface area contributed by atoms with Crippen molar-refractivity contribution in [2.24, 2.45) is 0 Å². The monoisotopic (exact) mass is 320 g/mol. The number of hydrogen-bond acceptors (Lipinski definition) is 4. The number of carbonyl (C=O) groups is 1. The average molecular weight is 320 g/mol. The third-order valence-electron chi connectivity index (χ3n) is 3.16. The van der Waals surface area contributed by atoms with Gasteiger partial charge in [-0.1, -0.05) is 12.1 Å². The summed E-state index contributed by atoms with van der Waals surface area (Å²) in [6.07, 6.45) is 6.30. The van der Waals surface area contributed by atoms with Crippen LogP contribution in [-0.4, -0.2) is 10.9 Å². The van der Waals surface area contributed by atoms with Crippen molar-refractivity contribution in [3.05, 3.63) is 84.6 Å². The molecule has 3 aromatic rings. The molecule has 0 bridgehead atoms. The van der Waals surface area contributed by atoms with Gasteiger partial charge in [-0.3, -0.25) is 9.78 Å². The molecule has 1 N–H and O–H groups in total. The van der Waals surface area contributed by atoms with Crippen LogP contribution in [0.25, 0.3) is 6.08 Å². The van der Waals surface area contributed by atoms with Crippen LogP contribution < -0.4 is 10.1 Å². The fourth-order valence-corrected chi connectivity index (χ4v) is 2.03. The van der Waals surface area contributed by atoms with Gasteiger partial charge in [-0.05, 0) is 42.5 Å². The molecule has 0 spiro atoms. The summed E-state index contributed by atoms with van der Waals surface area (Å²) in [6, 6.07) is 16.4. The summed E-state index contributed by atoms with van der Waals surface area (Å²) in [5.41, 5.74) is 1.50. The maximum atomic E-state index is 11.9. The van der Waals surface area contributed by atoms with Crippen molar-refractivity contribution in [2.75, 3.05) is 5.32 Å². The molecule has 2 heterocycles. The molecule has 5 nitrogen and oxygen atoms in total. The Morgan fingerprint density at radius 3 is 2.92 bits per heavy atom. The quantitative estimate of drug-likeness (QED) is 0.700. The number of pyridine rings is 1. The molecule has 120 valence electrons. The Morgan fingerprint density at radius 2 is 2.12 bits per heavy atom. The van der Waals surface area contributed by atoms with E-state index >= 15 is 0 Å². The molecular formula is C19H16N2O3. The first-order valence-corrected chi connectivity index (χ1v) is 7.45. The summed E-state index contributed by atoms with van der Waals surface area (Å²) < 4.78 is 10.8. The van der Waals surface area contributed by atoms with Gasteiger partial charge in [0.25, 0.3) is 0 Å².